The van der Waals surface area contributed by atoms with Crippen LogP contribution in [-0.4, -0.2) is 42.3 Å². The molecule has 9 heteroatoms. The number of carbonyl (C=O) groups excluding carboxylic acids is 4. The molecule has 0 atom stereocenters. The van der Waals surface area contributed by atoms with E-state index in [0.717, 1.165) is 11.3 Å². The van der Waals surface area contributed by atoms with Gasteiger partial charge in [0, 0.05) is 11.1 Å². The smallest absolute Gasteiger partial charge is 0.349 e. The fraction of sp³-hybridized carbons (Fsp3) is 0.429. The number of methoxy groups -OCH3 is 1. The molecule has 0 aliphatic rings. The first-order valence-electron chi connectivity index (χ1n) is 9.26. The Bertz CT molecular complexity index is 1010. The minimum atomic E-state index is -0.656. The number of hydrogen-bond donors (Lipinski definition) is 2. The Kier molecular flexibility index (Phi) is 6.87. The van der Waals surface area contributed by atoms with Crippen molar-refractivity contribution in [2.45, 2.75) is 41.5 Å². The summed E-state index contributed by atoms with van der Waals surface area (Å²) in [7, 11) is 1.26. The number of aromatic amines is 1. The predicted molar refractivity (Wildman–Crippen MR) is 113 cm³/mol. The molecule has 2 heterocycles. The monoisotopic (exact) mass is 434 g/mol. The Balaban J connectivity index is 2.09. The van der Waals surface area contributed by atoms with E-state index >= 15 is 0 Å². The van der Waals surface area contributed by atoms with Crippen molar-refractivity contribution in [1.82, 2.24) is 4.98 Å². The van der Waals surface area contributed by atoms with Crippen LogP contribution in [0.2, 0.25) is 0 Å². The Hall–Kier alpha value is -2.94. The minimum Gasteiger partial charge on any atom is -0.465 e. The van der Waals surface area contributed by atoms with Crippen molar-refractivity contribution in [2.24, 2.45) is 5.41 Å². The minimum absolute atomic E-state index is 0.169. The number of H-pyrrole nitrogens is 1. The Morgan fingerprint density at radius 3 is 2.30 bits per heavy atom. The molecule has 30 heavy (non-hydrogen) atoms. The van der Waals surface area contributed by atoms with Crippen molar-refractivity contribution in [1.29, 1.82) is 0 Å². The van der Waals surface area contributed by atoms with Gasteiger partial charge in [0.1, 0.15) is 4.88 Å². The summed E-state index contributed by atoms with van der Waals surface area (Å²) in [6.07, 6.45) is 0. The molecule has 2 aromatic heterocycles. The molecule has 2 N–H and O–H groups in total. The molecule has 0 unspecified atom stereocenters. The molecule has 0 bridgehead atoms. The molecule has 0 aromatic carbocycles. The fourth-order valence-electron chi connectivity index (χ4n) is 2.75. The highest BCUT2D eigenvalue weighted by Crippen LogP contribution is 2.29. The van der Waals surface area contributed by atoms with Gasteiger partial charge in [-0.25, -0.2) is 9.59 Å². The summed E-state index contributed by atoms with van der Waals surface area (Å²) in [4.78, 5) is 52.1. The number of hydrogen-bond acceptors (Lipinski definition) is 7. The molecule has 0 saturated carbocycles. The van der Waals surface area contributed by atoms with E-state index in [1.54, 1.807) is 47.6 Å². The first kappa shape index (κ1) is 23.3. The topological polar surface area (TPSA) is 115 Å². The largest absolute Gasteiger partial charge is 0.465 e. The zero-order valence-electron chi connectivity index (χ0n) is 18.1. The van der Waals surface area contributed by atoms with Gasteiger partial charge in [0.15, 0.2) is 6.61 Å². The van der Waals surface area contributed by atoms with Crippen LogP contribution in [-0.2, 0) is 14.3 Å². The Morgan fingerprint density at radius 2 is 1.73 bits per heavy atom. The second-order valence-corrected chi connectivity index (χ2v) is 9.00. The van der Waals surface area contributed by atoms with Gasteiger partial charge < -0.3 is 19.8 Å². The average Bonchev–Trinajstić information content (AvgIpc) is 3.17. The van der Waals surface area contributed by atoms with Crippen molar-refractivity contribution in [3.8, 4) is 0 Å². The summed E-state index contributed by atoms with van der Waals surface area (Å²) in [6.45, 7) is 9.89. The number of aromatic nitrogens is 1. The zero-order valence-corrected chi connectivity index (χ0v) is 19.0. The Labute approximate surface area is 179 Å². The van der Waals surface area contributed by atoms with Crippen LogP contribution < -0.4 is 5.32 Å². The van der Waals surface area contributed by atoms with Crippen LogP contribution >= 0.6 is 11.3 Å². The molecule has 0 aliphatic heterocycles. The fourth-order valence-corrected chi connectivity index (χ4v) is 3.71. The van der Waals surface area contributed by atoms with E-state index in [9.17, 15) is 19.2 Å². The summed E-state index contributed by atoms with van der Waals surface area (Å²) < 4.78 is 9.90. The van der Waals surface area contributed by atoms with Crippen molar-refractivity contribution in [3.63, 3.8) is 0 Å². The van der Waals surface area contributed by atoms with Crippen molar-refractivity contribution < 1.29 is 28.7 Å². The van der Waals surface area contributed by atoms with E-state index in [1.165, 1.54) is 7.11 Å². The molecular weight excluding hydrogens is 408 g/mol. The van der Waals surface area contributed by atoms with E-state index in [2.05, 4.69) is 10.3 Å². The van der Waals surface area contributed by atoms with E-state index < -0.39 is 29.7 Å². The van der Waals surface area contributed by atoms with Crippen LogP contribution in [0.15, 0.2) is 6.07 Å². The summed E-state index contributed by atoms with van der Waals surface area (Å²) in [5, 5.41) is 3.31. The maximum atomic E-state index is 12.5. The number of ketones is 1. The zero-order chi connectivity index (χ0) is 22.8. The van der Waals surface area contributed by atoms with E-state index in [-0.39, 0.29) is 11.6 Å². The molecule has 0 fully saturated rings. The van der Waals surface area contributed by atoms with Crippen LogP contribution in [0.3, 0.4) is 0 Å². The third-order valence-electron chi connectivity index (χ3n) is 4.46. The molecule has 0 aliphatic carbocycles. The van der Waals surface area contributed by atoms with Gasteiger partial charge in [0.2, 0.25) is 11.7 Å². The van der Waals surface area contributed by atoms with Gasteiger partial charge >= 0.3 is 11.9 Å². The number of ether oxygens (including phenoxy) is 2. The standard InChI is InChI=1S/C21H26N2O6S/c1-10-8-14(23-20(27)21(4,5)6)30-17(10)19(26)29-9-13(24)16-11(2)15(12(3)22-16)18(25)28-7/h8,22H,9H2,1-7H3,(H,23,27). The lowest BCUT2D eigenvalue weighted by Crippen LogP contribution is -2.27. The highest BCUT2D eigenvalue weighted by molar-refractivity contribution is 7.18. The lowest BCUT2D eigenvalue weighted by molar-refractivity contribution is -0.123. The van der Waals surface area contributed by atoms with Gasteiger partial charge in [-0.2, -0.15) is 0 Å². The quantitative estimate of drug-likeness (QED) is 0.528. The number of Topliss-reactive ketones (excluding diaryl/α,β-unsaturated/α-hetero) is 1. The van der Waals surface area contributed by atoms with Gasteiger partial charge in [0.25, 0.3) is 0 Å². The van der Waals surface area contributed by atoms with Gasteiger partial charge in [-0.1, -0.05) is 20.8 Å². The lowest BCUT2D eigenvalue weighted by Gasteiger charge is -2.16. The average molecular weight is 435 g/mol. The number of amides is 1. The molecule has 0 radical (unpaired) electrons. The maximum Gasteiger partial charge on any atom is 0.349 e. The third kappa shape index (κ3) is 4.96. The van der Waals surface area contributed by atoms with Gasteiger partial charge in [0.05, 0.1) is 23.4 Å². The SMILES string of the molecule is COC(=O)c1c(C)[nH]c(C(=O)COC(=O)c2sc(NC(=O)C(C)(C)C)cc2C)c1C. The molecule has 0 spiro atoms. The molecule has 0 saturated heterocycles. The van der Waals surface area contributed by atoms with Crippen LogP contribution in [0.25, 0.3) is 0 Å². The number of carbonyl (C=O) groups is 4. The molecular formula is C21H26N2O6S. The van der Waals surface area contributed by atoms with Gasteiger partial charge in [-0.05, 0) is 38.0 Å². The van der Waals surface area contributed by atoms with Crippen molar-refractivity contribution in [3.05, 3.63) is 39.0 Å². The number of rotatable bonds is 6. The third-order valence-corrected chi connectivity index (χ3v) is 5.59. The normalized spacial score (nSPS) is 11.2. The second-order valence-electron chi connectivity index (χ2n) is 7.94. The Morgan fingerprint density at radius 1 is 1.10 bits per heavy atom. The first-order chi connectivity index (χ1) is 13.9. The molecule has 2 aromatic rings. The van der Waals surface area contributed by atoms with Crippen LogP contribution in [0, 0.1) is 26.2 Å². The van der Waals surface area contributed by atoms with E-state index in [0.29, 0.717) is 32.3 Å². The van der Waals surface area contributed by atoms with Gasteiger partial charge in [-0.3, -0.25) is 9.59 Å². The summed E-state index contributed by atoms with van der Waals surface area (Å²) >= 11 is 1.09. The van der Waals surface area contributed by atoms with E-state index in [1.807, 2.05) is 0 Å². The number of nitrogens with one attached hydrogen (secondary N) is 2. The maximum absolute atomic E-state index is 12.5. The van der Waals surface area contributed by atoms with Gasteiger partial charge in [-0.15, -0.1) is 11.3 Å². The number of esters is 2. The number of aryl methyl sites for hydroxylation is 2. The highest BCUT2D eigenvalue weighted by atomic mass is 32.1. The molecule has 2 rings (SSSR count). The molecule has 8 nitrogen and oxygen atoms in total. The van der Waals surface area contributed by atoms with E-state index in [4.69, 9.17) is 9.47 Å². The highest BCUT2D eigenvalue weighted by Gasteiger charge is 2.25. The first-order valence-corrected chi connectivity index (χ1v) is 10.1. The summed E-state index contributed by atoms with van der Waals surface area (Å²) in [5.41, 5.74) is 1.51. The van der Waals surface area contributed by atoms with Crippen LogP contribution in [0.1, 0.15) is 68.1 Å². The second kappa shape index (κ2) is 8.83. The number of thiophene rings is 1. The summed E-state index contributed by atoms with van der Waals surface area (Å²) in [6, 6.07) is 1.69. The number of anilines is 1. The molecule has 1 amide bonds. The molecule has 162 valence electrons. The lowest BCUT2D eigenvalue weighted by atomic mass is 9.96. The summed E-state index contributed by atoms with van der Waals surface area (Å²) in [5.74, 6) is -1.83. The van der Waals surface area contributed by atoms with Crippen LogP contribution in [0.4, 0.5) is 5.00 Å². The van der Waals surface area contributed by atoms with Crippen LogP contribution in [0.5, 0.6) is 0 Å². The van der Waals surface area contributed by atoms with Crippen molar-refractivity contribution >= 4 is 40.0 Å². The van der Waals surface area contributed by atoms with Crippen molar-refractivity contribution in [2.75, 3.05) is 19.0 Å². The predicted octanol–water partition coefficient (Wildman–Crippen LogP) is 3.81.